The number of nitrogens with zero attached hydrogens (tertiary/aromatic N) is 4. The Morgan fingerprint density at radius 1 is 0.756 bits per heavy atom. The number of nitrogens with one attached hydrogen (secondary N) is 1. The molecule has 6 rings (SSSR count). The van der Waals surface area contributed by atoms with Crippen LogP contribution in [0.1, 0.15) is 45.5 Å². The van der Waals surface area contributed by atoms with Gasteiger partial charge in [0.1, 0.15) is 0 Å². The van der Waals surface area contributed by atoms with Gasteiger partial charge in [0.05, 0.1) is 11.1 Å². The fourth-order valence-corrected chi connectivity index (χ4v) is 5.68. The third kappa shape index (κ3) is 5.83. The van der Waals surface area contributed by atoms with Crippen LogP contribution in [0.3, 0.4) is 0 Å². The minimum absolute atomic E-state index is 0.182. The molecule has 1 fully saturated rings. The number of piperidine rings is 1. The van der Waals surface area contributed by atoms with Crippen molar-refractivity contribution in [3.8, 4) is 11.1 Å². The van der Waals surface area contributed by atoms with Crippen molar-refractivity contribution in [3.63, 3.8) is 0 Å². The van der Waals surface area contributed by atoms with Crippen molar-refractivity contribution in [1.82, 2.24) is 19.4 Å². The number of aromatic nitrogens is 2. The van der Waals surface area contributed by atoms with E-state index in [1.807, 2.05) is 6.07 Å². The predicted octanol–water partition coefficient (Wildman–Crippen LogP) is 4.67. The molecule has 8 heteroatoms. The maximum atomic E-state index is 13.1. The highest BCUT2D eigenvalue weighted by molar-refractivity contribution is 6.21. The van der Waals surface area contributed by atoms with Gasteiger partial charge in [0.2, 0.25) is 0 Å². The van der Waals surface area contributed by atoms with Crippen LogP contribution in [0, 0.1) is 0 Å². The lowest BCUT2D eigenvalue weighted by molar-refractivity contribution is 0.0650. The molecule has 0 unspecified atom stereocenters. The first-order valence-corrected chi connectivity index (χ1v) is 14.2. The van der Waals surface area contributed by atoms with E-state index in [2.05, 4.69) is 63.7 Å². The van der Waals surface area contributed by atoms with Gasteiger partial charge in [-0.05, 0) is 48.1 Å². The molecule has 1 aromatic heterocycles. The topological polar surface area (TPSA) is 87.5 Å². The van der Waals surface area contributed by atoms with Crippen LogP contribution in [0.15, 0.2) is 96.1 Å². The Bertz CT molecular complexity index is 1560. The molecule has 1 N–H and O–H groups in total. The number of hydrogen-bond acceptors (Lipinski definition) is 6. The summed E-state index contributed by atoms with van der Waals surface area (Å²) < 4.78 is 1.60. The molecule has 2 aliphatic heterocycles. The number of anilines is 1. The van der Waals surface area contributed by atoms with Crippen LogP contribution in [0.25, 0.3) is 11.1 Å². The largest absolute Gasteiger partial charge is 0.363 e. The minimum Gasteiger partial charge on any atom is -0.363 e. The van der Waals surface area contributed by atoms with E-state index in [0.29, 0.717) is 29.9 Å². The molecule has 0 saturated carbocycles. The molecule has 8 nitrogen and oxygen atoms in total. The fourth-order valence-electron chi connectivity index (χ4n) is 5.68. The highest BCUT2D eigenvalue weighted by Crippen LogP contribution is 2.23. The lowest BCUT2D eigenvalue weighted by atomic mass is 10.0. The highest BCUT2D eigenvalue weighted by atomic mass is 16.2. The van der Waals surface area contributed by atoms with Gasteiger partial charge in [0.25, 0.3) is 17.4 Å². The number of rotatable bonds is 9. The minimum atomic E-state index is -0.273. The first-order chi connectivity index (χ1) is 20.1. The van der Waals surface area contributed by atoms with Gasteiger partial charge in [0.15, 0.2) is 5.82 Å². The monoisotopic (exact) mass is 547 g/mol. The molecule has 41 heavy (non-hydrogen) atoms. The lowest BCUT2D eigenvalue weighted by Gasteiger charge is -2.32. The number of fused-ring (bicyclic) bond motifs is 1. The standard InChI is InChI=1S/C33H33N5O3/c39-31-28-9-4-5-10-29(28)32(40)38(31)19-6-18-37-22-17-34-30(33(37)41)35-27-15-20-36(21-16-27)23-24-11-13-26(14-12-24)25-7-2-1-3-8-25/h1-5,7-14,17,22,27H,6,15-16,18-21,23H2,(H,34,35). The summed E-state index contributed by atoms with van der Waals surface area (Å²) >= 11 is 0. The molecule has 0 bridgehead atoms. The Labute approximate surface area is 239 Å². The first kappa shape index (κ1) is 26.7. The van der Waals surface area contributed by atoms with Gasteiger partial charge >= 0.3 is 0 Å². The molecule has 0 radical (unpaired) electrons. The van der Waals surface area contributed by atoms with Gasteiger partial charge in [-0.1, -0.05) is 66.7 Å². The van der Waals surface area contributed by atoms with Crippen LogP contribution in [0.5, 0.6) is 0 Å². The van der Waals surface area contributed by atoms with E-state index in [1.54, 1.807) is 41.2 Å². The number of benzene rings is 3. The maximum Gasteiger partial charge on any atom is 0.293 e. The summed E-state index contributed by atoms with van der Waals surface area (Å²) in [4.78, 5) is 46.3. The zero-order valence-electron chi connectivity index (χ0n) is 22.9. The van der Waals surface area contributed by atoms with Crippen LogP contribution in [-0.2, 0) is 13.1 Å². The molecule has 0 aliphatic carbocycles. The quantitative estimate of drug-likeness (QED) is 0.307. The number of carbonyl (C=O) groups is 2. The van der Waals surface area contributed by atoms with Gasteiger partial charge in [0, 0.05) is 51.2 Å². The third-order valence-corrected chi connectivity index (χ3v) is 7.97. The number of amides is 2. The number of imide groups is 1. The van der Waals surface area contributed by atoms with Crippen LogP contribution < -0.4 is 10.9 Å². The molecular weight excluding hydrogens is 514 g/mol. The van der Waals surface area contributed by atoms with Crippen molar-refractivity contribution in [1.29, 1.82) is 0 Å². The second-order valence-corrected chi connectivity index (χ2v) is 10.7. The van der Waals surface area contributed by atoms with Crippen LogP contribution in [-0.4, -0.2) is 56.8 Å². The second-order valence-electron chi connectivity index (χ2n) is 10.7. The van der Waals surface area contributed by atoms with E-state index < -0.39 is 0 Å². The number of aryl methyl sites for hydroxylation is 1. The van der Waals surface area contributed by atoms with Crippen molar-refractivity contribution in [2.24, 2.45) is 0 Å². The summed E-state index contributed by atoms with van der Waals surface area (Å²) in [5.41, 5.74) is 4.44. The normalized spacial score (nSPS) is 15.8. The highest BCUT2D eigenvalue weighted by Gasteiger charge is 2.34. The van der Waals surface area contributed by atoms with E-state index in [4.69, 9.17) is 0 Å². The summed E-state index contributed by atoms with van der Waals surface area (Å²) in [7, 11) is 0. The van der Waals surface area contributed by atoms with Crippen molar-refractivity contribution < 1.29 is 9.59 Å². The summed E-state index contributed by atoms with van der Waals surface area (Å²) in [6.07, 6.45) is 5.62. The molecule has 2 aliphatic rings. The van der Waals surface area contributed by atoms with E-state index in [-0.39, 0.29) is 30.0 Å². The molecular formula is C33H33N5O3. The average molecular weight is 548 g/mol. The first-order valence-electron chi connectivity index (χ1n) is 14.2. The van der Waals surface area contributed by atoms with E-state index in [1.165, 1.54) is 21.6 Å². The summed E-state index contributed by atoms with van der Waals surface area (Å²) in [5.74, 6) is -0.195. The van der Waals surface area contributed by atoms with E-state index in [9.17, 15) is 14.4 Å². The van der Waals surface area contributed by atoms with Crippen LogP contribution >= 0.6 is 0 Å². The summed E-state index contributed by atoms with van der Waals surface area (Å²) in [6.45, 7) is 3.45. The van der Waals surface area contributed by atoms with E-state index in [0.717, 1.165) is 32.5 Å². The lowest BCUT2D eigenvalue weighted by Crippen LogP contribution is -2.40. The second kappa shape index (κ2) is 11.9. The van der Waals surface area contributed by atoms with Gasteiger partial charge in [-0.3, -0.25) is 24.2 Å². The van der Waals surface area contributed by atoms with Crippen LogP contribution in [0.4, 0.5) is 5.82 Å². The molecule has 1 saturated heterocycles. The maximum absolute atomic E-state index is 13.1. The Hall–Kier alpha value is -4.56. The Morgan fingerprint density at radius 3 is 2.07 bits per heavy atom. The van der Waals surface area contributed by atoms with Crippen LogP contribution in [0.2, 0.25) is 0 Å². The van der Waals surface area contributed by atoms with E-state index >= 15 is 0 Å². The van der Waals surface area contributed by atoms with Gasteiger partial charge in [-0.25, -0.2) is 4.98 Å². The Kier molecular flexibility index (Phi) is 7.73. The average Bonchev–Trinajstić information content (AvgIpc) is 3.25. The zero-order chi connectivity index (χ0) is 28.2. The third-order valence-electron chi connectivity index (χ3n) is 7.97. The van der Waals surface area contributed by atoms with Crippen molar-refractivity contribution in [2.75, 3.05) is 25.0 Å². The van der Waals surface area contributed by atoms with Crippen molar-refractivity contribution >= 4 is 17.6 Å². The Balaban J connectivity index is 0.985. The van der Waals surface area contributed by atoms with Gasteiger partial charge in [-0.2, -0.15) is 0 Å². The smallest absolute Gasteiger partial charge is 0.293 e. The molecule has 3 aromatic carbocycles. The Morgan fingerprint density at radius 2 is 1.39 bits per heavy atom. The molecule has 4 aromatic rings. The van der Waals surface area contributed by atoms with Gasteiger partial charge in [-0.15, -0.1) is 0 Å². The molecule has 208 valence electrons. The number of hydrogen-bond donors (Lipinski definition) is 1. The molecule has 0 atom stereocenters. The summed E-state index contributed by atoms with van der Waals surface area (Å²) in [5, 5.41) is 3.37. The summed E-state index contributed by atoms with van der Waals surface area (Å²) in [6, 6.07) is 26.2. The fraction of sp³-hybridized carbons (Fsp3) is 0.273. The number of carbonyl (C=O) groups excluding carboxylic acids is 2. The zero-order valence-corrected chi connectivity index (χ0v) is 22.9. The van der Waals surface area contributed by atoms with Crippen molar-refractivity contribution in [2.45, 2.75) is 38.4 Å². The molecule has 3 heterocycles. The number of likely N-dealkylation sites (tertiary alicyclic amines) is 1. The van der Waals surface area contributed by atoms with Gasteiger partial charge < -0.3 is 9.88 Å². The van der Waals surface area contributed by atoms with Crippen molar-refractivity contribution in [3.05, 3.63) is 118 Å². The molecule has 2 amide bonds. The predicted molar refractivity (Wildman–Crippen MR) is 159 cm³/mol. The molecule has 0 spiro atoms. The SMILES string of the molecule is O=C1c2ccccc2C(=O)N1CCCn1ccnc(NC2CCN(Cc3ccc(-c4ccccc4)cc3)CC2)c1=O.